The van der Waals surface area contributed by atoms with Crippen LogP contribution >= 0.6 is 22.9 Å². The Balaban J connectivity index is 2.23. The first-order valence-corrected chi connectivity index (χ1v) is 6.64. The van der Waals surface area contributed by atoms with Gasteiger partial charge in [-0.25, -0.2) is 4.98 Å². The predicted molar refractivity (Wildman–Crippen MR) is 72.1 cm³/mol. The lowest BCUT2D eigenvalue weighted by molar-refractivity contribution is 0.891. The monoisotopic (exact) mass is 277 g/mol. The van der Waals surface area contributed by atoms with Gasteiger partial charge < -0.3 is 0 Å². The van der Waals surface area contributed by atoms with Crippen molar-refractivity contribution in [3.05, 3.63) is 52.4 Å². The molecule has 0 saturated heterocycles. The van der Waals surface area contributed by atoms with E-state index in [4.69, 9.17) is 11.6 Å². The Morgan fingerprint density at radius 2 is 2.06 bits per heavy atom. The highest BCUT2D eigenvalue weighted by molar-refractivity contribution is 7.19. The number of aromatic nitrogens is 3. The molecule has 6 heteroatoms. The summed E-state index contributed by atoms with van der Waals surface area (Å²) in [5.74, 6) is 0.226. The van der Waals surface area contributed by atoms with E-state index in [0.717, 1.165) is 10.6 Å². The fourth-order valence-electron chi connectivity index (χ4n) is 1.62. The van der Waals surface area contributed by atoms with Gasteiger partial charge >= 0.3 is 0 Å². The van der Waals surface area contributed by atoms with Crippen LogP contribution < -0.4 is 5.56 Å². The van der Waals surface area contributed by atoms with Gasteiger partial charge in [-0.05, 0) is 0 Å². The third kappa shape index (κ3) is 1.91. The Kier molecular flexibility index (Phi) is 2.85. The van der Waals surface area contributed by atoms with Crippen LogP contribution in [0.1, 0.15) is 5.69 Å². The molecule has 0 bridgehead atoms. The summed E-state index contributed by atoms with van der Waals surface area (Å²) >= 11 is 7.07. The zero-order chi connectivity index (χ0) is 12.5. The SMILES string of the molecule is O=c1cc(CCl)nc2sc(-c3ccccc3)nn12. The number of hydrogen-bond acceptors (Lipinski definition) is 4. The van der Waals surface area contributed by atoms with Crippen molar-refractivity contribution in [1.82, 2.24) is 14.6 Å². The summed E-state index contributed by atoms with van der Waals surface area (Å²) < 4.78 is 1.31. The van der Waals surface area contributed by atoms with E-state index >= 15 is 0 Å². The molecule has 0 aliphatic rings. The van der Waals surface area contributed by atoms with Crippen LogP contribution in [0.15, 0.2) is 41.2 Å². The zero-order valence-corrected chi connectivity index (χ0v) is 10.8. The summed E-state index contributed by atoms with van der Waals surface area (Å²) in [4.78, 5) is 16.7. The molecule has 0 saturated carbocycles. The molecule has 1 aromatic carbocycles. The average Bonchev–Trinajstić information content (AvgIpc) is 2.84. The van der Waals surface area contributed by atoms with E-state index in [1.807, 2.05) is 30.3 Å². The summed E-state index contributed by atoms with van der Waals surface area (Å²) in [6, 6.07) is 11.1. The molecule has 18 heavy (non-hydrogen) atoms. The number of nitrogens with zero attached hydrogens (tertiary/aromatic N) is 3. The van der Waals surface area contributed by atoms with E-state index < -0.39 is 0 Å². The second-order valence-electron chi connectivity index (χ2n) is 3.69. The molecule has 3 rings (SSSR count). The van der Waals surface area contributed by atoms with E-state index in [1.165, 1.54) is 21.9 Å². The van der Waals surface area contributed by atoms with E-state index in [0.29, 0.717) is 10.7 Å². The molecule has 0 atom stereocenters. The van der Waals surface area contributed by atoms with Gasteiger partial charge in [0.15, 0.2) is 0 Å². The van der Waals surface area contributed by atoms with Crippen LogP contribution in [0.25, 0.3) is 15.5 Å². The molecule has 0 unspecified atom stereocenters. The minimum absolute atomic E-state index is 0.200. The van der Waals surface area contributed by atoms with Gasteiger partial charge in [-0.1, -0.05) is 41.7 Å². The molecule has 3 aromatic rings. The van der Waals surface area contributed by atoms with Gasteiger partial charge in [-0.15, -0.1) is 11.6 Å². The normalized spacial score (nSPS) is 10.9. The number of alkyl halides is 1. The van der Waals surface area contributed by atoms with Gasteiger partial charge in [0.25, 0.3) is 5.56 Å². The molecule has 90 valence electrons. The zero-order valence-electron chi connectivity index (χ0n) is 9.21. The lowest BCUT2D eigenvalue weighted by atomic mass is 10.2. The summed E-state index contributed by atoms with van der Waals surface area (Å²) in [6.45, 7) is 0. The smallest absolute Gasteiger partial charge is 0.267 e. The number of benzene rings is 1. The fourth-order valence-corrected chi connectivity index (χ4v) is 2.69. The second-order valence-corrected chi connectivity index (χ2v) is 4.91. The molecule has 0 aliphatic heterocycles. The van der Waals surface area contributed by atoms with E-state index in [1.54, 1.807) is 0 Å². The van der Waals surface area contributed by atoms with Crippen molar-refractivity contribution in [3.63, 3.8) is 0 Å². The van der Waals surface area contributed by atoms with Crippen LogP contribution in [-0.2, 0) is 5.88 Å². The van der Waals surface area contributed by atoms with Crippen LogP contribution in [0, 0.1) is 0 Å². The van der Waals surface area contributed by atoms with Gasteiger partial charge in [-0.2, -0.15) is 9.61 Å². The Labute approximate surface area is 111 Å². The minimum Gasteiger partial charge on any atom is -0.267 e. The van der Waals surface area contributed by atoms with Gasteiger partial charge in [0, 0.05) is 11.6 Å². The third-order valence-corrected chi connectivity index (χ3v) is 3.69. The summed E-state index contributed by atoms with van der Waals surface area (Å²) in [6.07, 6.45) is 0. The first-order valence-electron chi connectivity index (χ1n) is 5.29. The average molecular weight is 278 g/mol. The molecular formula is C12H8ClN3OS. The van der Waals surface area contributed by atoms with Crippen LogP contribution in [-0.4, -0.2) is 14.6 Å². The fraction of sp³-hybridized carbons (Fsp3) is 0.0833. The molecule has 4 nitrogen and oxygen atoms in total. The maximum Gasteiger partial charge on any atom is 0.275 e. The molecule has 2 heterocycles. The quantitative estimate of drug-likeness (QED) is 0.677. The molecule has 0 fully saturated rings. The van der Waals surface area contributed by atoms with Crippen molar-refractivity contribution in [2.45, 2.75) is 5.88 Å². The second kappa shape index (κ2) is 4.51. The largest absolute Gasteiger partial charge is 0.275 e. The van der Waals surface area contributed by atoms with Crippen molar-refractivity contribution in [2.75, 3.05) is 0 Å². The van der Waals surface area contributed by atoms with E-state index in [9.17, 15) is 4.79 Å². The first-order chi connectivity index (χ1) is 8.78. The third-order valence-electron chi connectivity index (χ3n) is 2.46. The van der Waals surface area contributed by atoms with E-state index in [2.05, 4.69) is 10.1 Å². The van der Waals surface area contributed by atoms with Crippen molar-refractivity contribution in [2.24, 2.45) is 0 Å². The van der Waals surface area contributed by atoms with Gasteiger partial charge in [0.2, 0.25) is 4.96 Å². The van der Waals surface area contributed by atoms with Crippen molar-refractivity contribution >= 4 is 27.9 Å². The molecule has 0 amide bonds. The molecule has 0 aliphatic carbocycles. The maximum absolute atomic E-state index is 11.8. The summed E-state index contributed by atoms with van der Waals surface area (Å²) in [5, 5.41) is 5.05. The lowest BCUT2D eigenvalue weighted by Gasteiger charge is -1.92. The molecular weight excluding hydrogens is 270 g/mol. The number of rotatable bonds is 2. The number of halogens is 1. The highest BCUT2D eigenvalue weighted by atomic mass is 35.5. The number of fused-ring (bicyclic) bond motifs is 1. The van der Waals surface area contributed by atoms with Crippen LogP contribution in [0.4, 0.5) is 0 Å². The predicted octanol–water partition coefficient (Wildman–Crippen LogP) is 2.56. The topological polar surface area (TPSA) is 47.3 Å². The van der Waals surface area contributed by atoms with Gasteiger partial charge in [0.05, 0.1) is 11.6 Å². The highest BCUT2D eigenvalue weighted by Gasteiger charge is 2.09. The lowest BCUT2D eigenvalue weighted by Crippen LogP contribution is -2.14. The highest BCUT2D eigenvalue weighted by Crippen LogP contribution is 2.23. The Morgan fingerprint density at radius 1 is 1.28 bits per heavy atom. The minimum atomic E-state index is -0.200. The van der Waals surface area contributed by atoms with Crippen LogP contribution in [0.2, 0.25) is 0 Å². The maximum atomic E-state index is 11.8. The standard InChI is InChI=1S/C12H8ClN3OS/c13-7-9-6-10(17)16-12(14-9)18-11(15-16)8-4-2-1-3-5-8/h1-6H,7H2. The molecule has 0 N–H and O–H groups in total. The Hall–Kier alpha value is -1.72. The van der Waals surface area contributed by atoms with Crippen LogP contribution in [0.3, 0.4) is 0 Å². The summed E-state index contributed by atoms with van der Waals surface area (Å²) in [7, 11) is 0. The van der Waals surface area contributed by atoms with E-state index in [-0.39, 0.29) is 11.4 Å². The van der Waals surface area contributed by atoms with Crippen molar-refractivity contribution in [3.8, 4) is 10.6 Å². The van der Waals surface area contributed by atoms with Crippen LogP contribution in [0.5, 0.6) is 0 Å². The molecule has 2 aromatic heterocycles. The van der Waals surface area contributed by atoms with Crippen molar-refractivity contribution < 1.29 is 0 Å². The Morgan fingerprint density at radius 3 is 2.78 bits per heavy atom. The first kappa shape index (κ1) is 11.4. The van der Waals surface area contributed by atoms with Crippen molar-refractivity contribution in [1.29, 1.82) is 0 Å². The Bertz CT molecular complexity index is 751. The van der Waals surface area contributed by atoms with Gasteiger partial charge in [0.1, 0.15) is 5.01 Å². The molecule has 0 spiro atoms. The number of hydrogen-bond donors (Lipinski definition) is 0. The molecule has 0 radical (unpaired) electrons. The van der Waals surface area contributed by atoms with Gasteiger partial charge in [-0.3, -0.25) is 4.79 Å². The summed E-state index contributed by atoms with van der Waals surface area (Å²) in [5.41, 5.74) is 1.35.